The van der Waals surface area contributed by atoms with Crippen LogP contribution in [0.15, 0.2) is 41.4 Å². The van der Waals surface area contributed by atoms with E-state index < -0.39 is 0 Å². The molecule has 0 amide bonds. The van der Waals surface area contributed by atoms with E-state index in [1.54, 1.807) is 11.3 Å². The maximum Gasteiger partial charge on any atom is 0.263 e. The lowest BCUT2D eigenvalue weighted by Crippen LogP contribution is -2.33. The van der Waals surface area contributed by atoms with E-state index in [4.69, 9.17) is 11.6 Å². The first kappa shape index (κ1) is 12.6. The van der Waals surface area contributed by atoms with Crippen molar-refractivity contribution in [3.8, 4) is 0 Å². The lowest BCUT2D eigenvalue weighted by atomic mass is 10.1. The van der Waals surface area contributed by atoms with Gasteiger partial charge in [-0.1, -0.05) is 47.2 Å². The van der Waals surface area contributed by atoms with Crippen molar-refractivity contribution in [3.63, 3.8) is 0 Å². The highest BCUT2D eigenvalue weighted by Gasteiger charge is 2.19. The van der Waals surface area contributed by atoms with Crippen LogP contribution in [0.25, 0.3) is 27.1 Å². The number of allylic oxidation sites excluding steroid dienone is 1. The van der Waals surface area contributed by atoms with Gasteiger partial charge in [0.05, 0.1) is 5.39 Å². The molecular formula is C16H15ClNS+. The summed E-state index contributed by atoms with van der Waals surface area (Å²) < 4.78 is 3.65. The molecule has 0 aliphatic heterocycles. The zero-order valence-electron chi connectivity index (χ0n) is 11.0. The average molecular weight is 289 g/mol. The third-order valence-corrected chi connectivity index (χ3v) is 4.46. The smallest absolute Gasteiger partial charge is 0.182 e. The molecule has 0 N–H and O–H groups in total. The minimum absolute atomic E-state index is 0.818. The Balaban J connectivity index is 2.45. The summed E-state index contributed by atoms with van der Waals surface area (Å²) in [5.41, 5.74) is 1.31. The molecule has 1 nitrogen and oxygen atoms in total. The molecule has 0 spiro atoms. The number of halogens is 1. The first-order valence-electron chi connectivity index (χ1n) is 6.38. The minimum Gasteiger partial charge on any atom is -0.182 e. The summed E-state index contributed by atoms with van der Waals surface area (Å²) >= 11 is 7.84. The van der Waals surface area contributed by atoms with Crippen LogP contribution in [0.3, 0.4) is 0 Å². The van der Waals surface area contributed by atoms with Crippen LogP contribution < -0.4 is 4.57 Å². The van der Waals surface area contributed by atoms with Crippen molar-refractivity contribution in [1.29, 1.82) is 0 Å². The molecule has 0 saturated heterocycles. The van der Waals surface area contributed by atoms with Gasteiger partial charge in [-0.15, -0.1) is 0 Å². The fraction of sp³-hybridized carbons (Fsp3) is 0.188. The largest absolute Gasteiger partial charge is 0.263 e. The first-order chi connectivity index (χ1) is 9.20. The molecule has 96 valence electrons. The standard InChI is InChI=1S/C16H15ClNS/c1-3-18-15(10-11(2)17)19-14-9-8-12-6-4-5-7-13(12)16(14)18/h4-10H,3H2,1-2H3/q+1/b11-10-. The van der Waals surface area contributed by atoms with Crippen LogP contribution in [0.5, 0.6) is 0 Å². The topological polar surface area (TPSA) is 3.88 Å². The third kappa shape index (κ3) is 2.15. The second kappa shape index (κ2) is 4.95. The predicted molar refractivity (Wildman–Crippen MR) is 84.7 cm³/mol. The van der Waals surface area contributed by atoms with Gasteiger partial charge in [0.15, 0.2) is 0 Å². The van der Waals surface area contributed by atoms with E-state index in [2.05, 4.69) is 47.9 Å². The molecule has 0 saturated carbocycles. The molecule has 0 bridgehead atoms. The number of hydrogen-bond acceptors (Lipinski definition) is 1. The zero-order chi connectivity index (χ0) is 13.4. The molecule has 2 aromatic carbocycles. The fourth-order valence-electron chi connectivity index (χ4n) is 2.47. The van der Waals surface area contributed by atoms with Gasteiger partial charge in [-0.2, -0.15) is 4.57 Å². The van der Waals surface area contributed by atoms with Crippen molar-refractivity contribution >= 4 is 50.0 Å². The van der Waals surface area contributed by atoms with Crippen molar-refractivity contribution in [2.45, 2.75) is 20.4 Å². The van der Waals surface area contributed by atoms with Crippen molar-refractivity contribution in [2.24, 2.45) is 0 Å². The van der Waals surface area contributed by atoms with Crippen molar-refractivity contribution in [3.05, 3.63) is 46.4 Å². The van der Waals surface area contributed by atoms with Gasteiger partial charge >= 0.3 is 0 Å². The number of thiazole rings is 1. The highest BCUT2D eigenvalue weighted by atomic mass is 35.5. The number of nitrogens with zero attached hydrogens (tertiary/aromatic N) is 1. The quantitative estimate of drug-likeness (QED) is 0.587. The Morgan fingerprint density at radius 2 is 2.05 bits per heavy atom. The molecule has 3 heteroatoms. The number of hydrogen-bond donors (Lipinski definition) is 0. The molecular weight excluding hydrogens is 274 g/mol. The second-order valence-electron chi connectivity index (χ2n) is 4.55. The molecule has 1 aromatic heterocycles. The van der Waals surface area contributed by atoms with Gasteiger partial charge in [-0.3, -0.25) is 0 Å². The van der Waals surface area contributed by atoms with Crippen LogP contribution in [0.2, 0.25) is 0 Å². The Morgan fingerprint density at radius 3 is 2.79 bits per heavy atom. The van der Waals surface area contributed by atoms with E-state index in [-0.39, 0.29) is 0 Å². The van der Waals surface area contributed by atoms with Gasteiger partial charge in [0, 0.05) is 11.1 Å². The van der Waals surface area contributed by atoms with Crippen molar-refractivity contribution < 1.29 is 4.57 Å². The van der Waals surface area contributed by atoms with Gasteiger partial charge in [0.25, 0.3) is 5.01 Å². The Bertz CT molecular complexity index is 782. The maximum atomic E-state index is 6.04. The van der Waals surface area contributed by atoms with Gasteiger partial charge in [0.1, 0.15) is 11.2 Å². The SMILES string of the molecule is CC[n+]1c(/C=C(/C)Cl)sc2ccc3ccccc3c21. The summed E-state index contributed by atoms with van der Waals surface area (Å²) in [6.07, 6.45) is 2.05. The van der Waals surface area contributed by atoms with Gasteiger partial charge < -0.3 is 0 Å². The number of rotatable bonds is 2. The van der Waals surface area contributed by atoms with Crippen LogP contribution in [-0.2, 0) is 6.54 Å². The molecule has 0 aliphatic carbocycles. The molecule has 0 fully saturated rings. The van der Waals surface area contributed by atoms with E-state index in [0.29, 0.717) is 0 Å². The molecule has 3 aromatic rings. The summed E-state index contributed by atoms with van der Waals surface area (Å²) in [5, 5.41) is 4.62. The van der Waals surface area contributed by atoms with Crippen LogP contribution in [-0.4, -0.2) is 0 Å². The minimum atomic E-state index is 0.818. The molecule has 19 heavy (non-hydrogen) atoms. The summed E-state index contributed by atoms with van der Waals surface area (Å²) in [7, 11) is 0. The van der Waals surface area contributed by atoms with E-state index in [1.807, 2.05) is 13.0 Å². The Morgan fingerprint density at radius 1 is 1.26 bits per heavy atom. The summed E-state index contributed by atoms with van der Waals surface area (Å²) in [6.45, 7) is 5.04. The predicted octanol–water partition coefficient (Wildman–Crippen LogP) is 4.96. The van der Waals surface area contributed by atoms with E-state index in [0.717, 1.165) is 11.6 Å². The summed E-state index contributed by atoms with van der Waals surface area (Å²) in [6, 6.07) is 12.9. The molecule has 0 unspecified atom stereocenters. The van der Waals surface area contributed by atoms with Crippen LogP contribution in [0.1, 0.15) is 18.9 Å². The fourth-order valence-corrected chi connectivity index (χ4v) is 3.88. The van der Waals surface area contributed by atoms with Gasteiger partial charge in [-0.25, -0.2) is 0 Å². The van der Waals surface area contributed by atoms with E-state index in [1.165, 1.54) is 26.0 Å². The Hall–Kier alpha value is -1.38. The highest BCUT2D eigenvalue weighted by Crippen LogP contribution is 2.29. The lowest BCUT2D eigenvalue weighted by molar-refractivity contribution is -0.664. The van der Waals surface area contributed by atoms with Crippen molar-refractivity contribution in [2.75, 3.05) is 0 Å². The average Bonchev–Trinajstić information content (AvgIpc) is 2.75. The molecule has 0 radical (unpaired) electrons. The number of aromatic nitrogens is 1. The Labute approximate surface area is 121 Å². The van der Waals surface area contributed by atoms with Gasteiger partial charge in [-0.05, 0) is 31.4 Å². The van der Waals surface area contributed by atoms with Gasteiger partial charge in [0.2, 0.25) is 5.52 Å². The number of benzene rings is 2. The molecule has 1 heterocycles. The number of aryl methyl sites for hydroxylation is 1. The van der Waals surface area contributed by atoms with Crippen LogP contribution >= 0.6 is 22.9 Å². The first-order valence-corrected chi connectivity index (χ1v) is 7.58. The maximum absolute atomic E-state index is 6.04. The molecule has 0 aliphatic rings. The van der Waals surface area contributed by atoms with Crippen LogP contribution in [0, 0.1) is 0 Å². The normalized spacial score (nSPS) is 12.5. The zero-order valence-corrected chi connectivity index (χ0v) is 12.6. The number of fused-ring (bicyclic) bond motifs is 3. The summed E-state index contributed by atoms with van der Waals surface area (Å²) in [4.78, 5) is 0. The van der Waals surface area contributed by atoms with Crippen LogP contribution in [0.4, 0.5) is 0 Å². The summed E-state index contributed by atoms with van der Waals surface area (Å²) in [5.74, 6) is 0. The van der Waals surface area contributed by atoms with Crippen molar-refractivity contribution in [1.82, 2.24) is 0 Å². The molecule has 0 atom stereocenters. The highest BCUT2D eigenvalue weighted by molar-refractivity contribution is 7.19. The molecule has 3 rings (SSSR count). The Kier molecular flexibility index (Phi) is 3.29. The van der Waals surface area contributed by atoms with E-state index >= 15 is 0 Å². The third-order valence-electron chi connectivity index (χ3n) is 3.25. The lowest BCUT2D eigenvalue weighted by Gasteiger charge is -1.97. The van der Waals surface area contributed by atoms with E-state index in [9.17, 15) is 0 Å². The monoisotopic (exact) mass is 288 g/mol. The second-order valence-corrected chi connectivity index (χ2v) is 6.21.